The van der Waals surface area contributed by atoms with Crippen LogP contribution in [0.2, 0.25) is 0 Å². The second-order valence-corrected chi connectivity index (χ2v) is 8.65. The maximum absolute atomic E-state index is 13.8. The molecule has 0 saturated carbocycles. The molecule has 5 heteroatoms. The summed E-state index contributed by atoms with van der Waals surface area (Å²) in [5, 5.41) is 9.61. The molecule has 1 saturated heterocycles. The van der Waals surface area contributed by atoms with Gasteiger partial charge >= 0.3 is 0 Å². The number of ether oxygens (including phenoxy) is 1. The van der Waals surface area contributed by atoms with E-state index in [2.05, 4.69) is 58.1 Å². The van der Waals surface area contributed by atoms with Crippen molar-refractivity contribution in [2.45, 2.75) is 25.7 Å². The van der Waals surface area contributed by atoms with Crippen LogP contribution in [0.4, 0.5) is 4.39 Å². The van der Waals surface area contributed by atoms with Gasteiger partial charge in [-0.1, -0.05) is 29.8 Å². The normalized spacial score (nSPS) is 15.1. The molecular weight excluding hydrogens is 401 g/mol. The lowest BCUT2D eigenvalue weighted by atomic mass is 9.89. The number of H-pyrrole nitrogens is 1. The Bertz CT molecular complexity index is 1310. The van der Waals surface area contributed by atoms with Gasteiger partial charge in [-0.15, -0.1) is 0 Å². The lowest BCUT2D eigenvalue weighted by Gasteiger charge is -2.26. The average molecular weight is 426 g/mol. The number of aromatic amines is 1. The number of hydrogen-bond donors (Lipinski definition) is 1. The van der Waals surface area contributed by atoms with Gasteiger partial charge in [0.25, 0.3) is 0 Å². The van der Waals surface area contributed by atoms with Crippen LogP contribution in [0.1, 0.15) is 30.0 Å². The zero-order chi connectivity index (χ0) is 21.7. The summed E-state index contributed by atoms with van der Waals surface area (Å²) in [5.74, 6) is 0.128. The lowest BCUT2D eigenvalue weighted by molar-refractivity contribution is 0.0844. The molecule has 1 N–H and O–H groups in total. The van der Waals surface area contributed by atoms with Crippen LogP contribution in [0.25, 0.3) is 38.6 Å². The van der Waals surface area contributed by atoms with E-state index in [0.29, 0.717) is 5.92 Å². The summed E-state index contributed by atoms with van der Waals surface area (Å²) < 4.78 is 21.8. The number of nitrogens with zero attached hydrogens (tertiary/aromatic N) is 2. The van der Waals surface area contributed by atoms with E-state index in [1.807, 2.05) is 18.3 Å². The number of hydrogen-bond acceptors (Lipinski definition) is 2. The van der Waals surface area contributed by atoms with Crippen LogP contribution >= 0.6 is 0 Å². The third-order valence-electron chi connectivity index (χ3n) is 6.60. The fraction of sp³-hybridized carbons (Fsp3) is 0.222. The zero-order valence-electron chi connectivity index (χ0n) is 17.9. The summed E-state index contributed by atoms with van der Waals surface area (Å²) in [4.78, 5) is 0. The molecule has 5 aromatic rings. The molecule has 0 spiro atoms. The Labute approximate surface area is 185 Å². The number of aryl methyl sites for hydroxylation is 1. The Morgan fingerprint density at radius 1 is 1.00 bits per heavy atom. The number of fused-ring (bicyclic) bond motifs is 2. The fourth-order valence-electron chi connectivity index (χ4n) is 4.99. The molecule has 2 aromatic heterocycles. The van der Waals surface area contributed by atoms with E-state index < -0.39 is 0 Å². The third kappa shape index (κ3) is 3.12. The molecule has 0 radical (unpaired) electrons. The molecule has 0 aliphatic carbocycles. The van der Waals surface area contributed by atoms with Gasteiger partial charge in [0.15, 0.2) is 0 Å². The summed E-state index contributed by atoms with van der Waals surface area (Å²) in [6.45, 7) is 3.63. The molecule has 1 fully saturated rings. The molecule has 3 heterocycles. The predicted octanol–water partition coefficient (Wildman–Crippen LogP) is 6.52. The SMILES string of the molecule is Cc1ccc(-c2c(C3CCOCC3)n(-c3ccc(F)cc3)c3cc4cn[nH]c4cc23)cc1. The number of rotatable bonds is 3. The van der Waals surface area contributed by atoms with Gasteiger partial charge in [0.05, 0.1) is 17.2 Å². The first-order chi connectivity index (χ1) is 15.7. The minimum atomic E-state index is -0.228. The van der Waals surface area contributed by atoms with Gasteiger partial charge in [-0.05, 0) is 61.7 Å². The molecule has 6 rings (SSSR count). The standard InChI is InChI=1S/C27H24FN3O/c1-17-2-4-18(5-3-17)26-23-15-24-20(16-29-30-24)14-25(23)31(22-8-6-21(28)7-9-22)27(26)19-10-12-32-13-11-19/h2-9,14-16,19H,10-13H2,1H3,(H,29,30). The molecule has 0 bridgehead atoms. The van der Waals surface area contributed by atoms with Crippen LogP contribution in [0.3, 0.4) is 0 Å². The first-order valence-electron chi connectivity index (χ1n) is 11.1. The van der Waals surface area contributed by atoms with Crippen molar-refractivity contribution in [1.29, 1.82) is 0 Å². The van der Waals surface area contributed by atoms with E-state index in [4.69, 9.17) is 4.74 Å². The van der Waals surface area contributed by atoms with Gasteiger partial charge in [-0.2, -0.15) is 5.10 Å². The van der Waals surface area contributed by atoms with Gasteiger partial charge in [0.2, 0.25) is 0 Å². The van der Waals surface area contributed by atoms with Crippen LogP contribution in [-0.2, 0) is 4.74 Å². The van der Waals surface area contributed by atoms with E-state index >= 15 is 0 Å². The fourth-order valence-corrected chi connectivity index (χ4v) is 4.99. The summed E-state index contributed by atoms with van der Waals surface area (Å²) in [7, 11) is 0. The zero-order valence-corrected chi connectivity index (χ0v) is 17.9. The smallest absolute Gasteiger partial charge is 0.123 e. The maximum Gasteiger partial charge on any atom is 0.123 e. The third-order valence-corrected chi connectivity index (χ3v) is 6.60. The van der Waals surface area contributed by atoms with Crippen molar-refractivity contribution in [1.82, 2.24) is 14.8 Å². The van der Waals surface area contributed by atoms with E-state index in [9.17, 15) is 4.39 Å². The Morgan fingerprint density at radius 3 is 2.50 bits per heavy atom. The molecule has 32 heavy (non-hydrogen) atoms. The Hall–Kier alpha value is -3.44. The molecule has 0 unspecified atom stereocenters. The summed E-state index contributed by atoms with van der Waals surface area (Å²) in [5.41, 5.74) is 8.05. The first kappa shape index (κ1) is 19.3. The van der Waals surface area contributed by atoms with Crippen LogP contribution in [0.15, 0.2) is 66.9 Å². The molecule has 160 valence electrons. The maximum atomic E-state index is 13.8. The second kappa shape index (κ2) is 7.61. The minimum Gasteiger partial charge on any atom is -0.381 e. The van der Waals surface area contributed by atoms with Crippen LogP contribution in [-0.4, -0.2) is 28.0 Å². The predicted molar refractivity (Wildman–Crippen MR) is 126 cm³/mol. The van der Waals surface area contributed by atoms with E-state index in [-0.39, 0.29) is 5.82 Å². The summed E-state index contributed by atoms with van der Waals surface area (Å²) in [6, 6.07) is 20.0. The molecule has 4 nitrogen and oxygen atoms in total. The quantitative estimate of drug-likeness (QED) is 0.358. The highest BCUT2D eigenvalue weighted by Gasteiger charge is 2.28. The van der Waals surface area contributed by atoms with Gasteiger partial charge in [-0.25, -0.2) is 4.39 Å². The second-order valence-electron chi connectivity index (χ2n) is 8.65. The average Bonchev–Trinajstić information content (AvgIpc) is 3.41. The van der Waals surface area contributed by atoms with Crippen LogP contribution in [0.5, 0.6) is 0 Å². The van der Waals surface area contributed by atoms with Gasteiger partial charge in [-0.3, -0.25) is 5.10 Å². The summed E-state index contributed by atoms with van der Waals surface area (Å²) >= 11 is 0. The van der Waals surface area contributed by atoms with Crippen molar-refractivity contribution >= 4 is 21.8 Å². The molecule has 1 aliphatic heterocycles. The number of aromatic nitrogens is 3. The van der Waals surface area contributed by atoms with Gasteiger partial charge < -0.3 is 9.30 Å². The highest BCUT2D eigenvalue weighted by molar-refractivity contribution is 6.05. The monoisotopic (exact) mass is 425 g/mol. The minimum absolute atomic E-state index is 0.228. The van der Waals surface area contributed by atoms with E-state index in [0.717, 1.165) is 48.2 Å². The lowest BCUT2D eigenvalue weighted by Crippen LogP contribution is -2.17. The molecule has 1 aliphatic rings. The number of halogens is 1. The van der Waals surface area contributed by atoms with Crippen molar-refractivity contribution in [3.63, 3.8) is 0 Å². The van der Waals surface area contributed by atoms with Crippen molar-refractivity contribution in [2.75, 3.05) is 13.2 Å². The molecule has 0 amide bonds. The summed E-state index contributed by atoms with van der Waals surface area (Å²) in [6.07, 6.45) is 3.79. The van der Waals surface area contributed by atoms with E-state index in [1.165, 1.54) is 39.9 Å². The van der Waals surface area contributed by atoms with Crippen LogP contribution in [0, 0.1) is 12.7 Å². The highest BCUT2D eigenvalue weighted by Crippen LogP contribution is 2.44. The first-order valence-corrected chi connectivity index (χ1v) is 11.1. The molecule has 0 atom stereocenters. The van der Waals surface area contributed by atoms with Crippen molar-refractivity contribution in [2.24, 2.45) is 0 Å². The topological polar surface area (TPSA) is 42.8 Å². The van der Waals surface area contributed by atoms with Crippen molar-refractivity contribution in [3.05, 3.63) is 83.9 Å². The number of nitrogens with one attached hydrogen (secondary N) is 1. The largest absolute Gasteiger partial charge is 0.381 e. The number of benzene rings is 3. The van der Waals surface area contributed by atoms with Crippen molar-refractivity contribution < 1.29 is 9.13 Å². The molecular formula is C27H24FN3O. The van der Waals surface area contributed by atoms with Crippen LogP contribution < -0.4 is 0 Å². The Morgan fingerprint density at radius 2 is 1.75 bits per heavy atom. The Kier molecular flexibility index (Phi) is 4.58. The highest BCUT2D eigenvalue weighted by atomic mass is 19.1. The Balaban J connectivity index is 1.74. The van der Waals surface area contributed by atoms with Crippen molar-refractivity contribution in [3.8, 4) is 16.8 Å². The van der Waals surface area contributed by atoms with E-state index in [1.54, 1.807) is 0 Å². The molecule has 3 aromatic carbocycles. The van der Waals surface area contributed by atoms with Gasteiger partial charge in [0, 0.05) is 46.8 Å². The van der Waals surface area contributed by atoms with Gasteiger partial charge in [0.1, 0.15) is 5.82 Å².